The molecule has 1 heterocycles. The highest BCUT2D eigenvalue weighted by Crippen LogP contribution is 2.61. The van der Waals surface area contributed by atoms with Crippen molar-refractivity contribution in [1.29, 1.82) is 0 Å². The van der Waals surface area contributed by atoms with Crippen molar-refractivity contribution in [3.63, 3.8) is 0 Å². The summed E-state index contributed by atoms with van der Waals surface area (Å²) < 4.78 is 27.6. The predicted molar refractivity (Wildman–Crippen MR) is 117 cm³/mol. The minimum atomic E-state index is -3.53. The van der Waals surface area contributed by atoms with Crippen molar-refractivity contribution in [3.05, 3.63) is 29.8 Å². The fourth-order valence-electron chi connectivity index (χ4n) is 7.19. The Morgan fingerprint density at radius 2 is 1.63 bits per heavy atom. The van der Waals surface area contributed by atoms with Gasteiger partial charge in [-0.25, -0.2) is 8.42 Å². The van der Waals surface area contributed by atoms with Gasteiger partial charge in [0.25, 0.3) is 5.91 Å². The number of sulfonamides is 1. The minimum absolute atomic E-state index is 0.126. The summed E-state index contributed by atoms with van der Waals surface area (Å²) in [5.41, 5.74) is 0.687. The third-order valence-electron chi connectivity index (χ3n) is 8.40. The van der Waals surface area contributed by atoms with E-state index < -0.39 is 10.0 Å². The highest BCUT2D eigenvalue weighted by molar-refractivity contribution is 7.89. The van der Waals surface area contributed by atoms with Crippen LogP contribution in [0.4, 0.5) is 0 Å². The summed E-state index contributed by atoms with van der Waals surface area (Å²) in [6.45, 7) is 3.31. The lowest BCUT2D eigenvalue weighted by molar-refractivity contribution is -0.0688. The van der Waals surface area contributed by atoms with Crippen molar-refractivity contribution in [3.8, 4) is 0 Å². The van der Waals surface area contributed by atoms with Gasteiger partial charge in [0.1, 0.15) is 0 Å². The normalized spacial score (nSPS) is 34.6. The van der Waals surface area contributed by atoms with Gasteiger partial charge in [0, 0.05) is 24.7 Å². The van der Waals surface area contributed by atoms with Crippen LogP contribution in [0.2, 0.25) is 0 Å². The second-order valence-electron chi connectivity index (χ2n) is 10.5. The molecular weight excluding hydrogens is 396 g/mol. The Kier molecular flexibility index (Phi) is 5.21. The van der Waals surface area contributed by atoms with Gasteiger partial charge in [-0.1, -0.05) is 12.5 Å². The number of carbonyl (C=O) groups is 1. The van der Waals surface area contributed by atoms with Crippen LogP contribution in [-0.4, -0.2) is 37.8 Å². The van der Waals surface area contributed by atoms with Crippen LogP contribution in [-0.2, 0) is 10.0 Å². The Balaban J connectivity index is 1.31. The standard InChI is InChI=1S/C24H34N2O3S/c1-17(24-14-18-10-19(15-24)12-20(11-18)16-24)25-23(27)21-6-5-7-22(13-21)30(28,29)26-8-3-2-4-9-26/h5-7,13,17-20H,2-4,8-12,14-16H2,1H3,(H,25,27)/t17-,18?,19?,20?,24?/m0/s1. The Hall–Kier alpha value is -1.40. The summed E-state index contributed by atoms with van der Waals surface area (Å²) in [4.78, 5) is 13.3. The number of piperidine rings is 1. The van der Waals surface area contributed by atoms with Gasteiger partial charge < -0.3 is 5.32 Å². The maximum Gasteiger partial charge on any atom is 0.251 e. The zero-order valence-corrected chi connectivity index (χ0v) is 18.8. The van der Waals surface area contributed by atoms with Crippen LogP contribution in [0.5, 0.6) is 0 Å². The molecule has 1 aromatic rings. The molecule has 0 aromatic heterocycles. The van der Waals surface area contributed by atoms with E-state index in [0.29, 0.717) is 18.7 Å². The molecule has 1 N–H and O–H groups in total. The van der Waals surface area contributed by atoms with Gasteiger partial charge in [-0.2, -0.15) is 4.31 Å². The van der Waals surface area contributed by atoms with Crippen molar-refractivity contribution in [1.82, 2.24) is 9.62 Å². The predicted octanol–water partition coefficient (Wildman–Crippen LogP) is 4.20. The van der Waals surface area contributed by atoms with Crippen molar-refractivity contribution >= 4 is 15.9 Å². The number of nitrogens with zero attached hydrogens (tertiary/aromatic N) is 1. The van der Waals surface area contributed by atoms with Crippen molar-refractivity contribution in [2.75, 3.05) is 13.1 Å². The number of hydrogen-bond donors (Lipinski definition) is 1. The molecular formula is C24H34N2O3S. The summed E-state index contributed by atoms with van der Waals surface area (Å²) in [5, 5.41) is 3.26. The van der Waals surface area contributed by atoms with E-state index >= 15 is 0 Å². The second kappa shape index (κ2) is 7.63. The summed E-state index contributed by atoms with van der Waals surface area (Å²) >= 11 is 0. The maximum atomic E-state index is 13.1. The molecule has 1 aliphatic heterocycles. The molecule has 6 rings (SSSR count). The Labute approximate surface area is 180 Å². The van der Waals surface area contributed by atoms with Crippen LogP contribution < -0.4 is 5.32 Å². The van der Waals surface area contributed by atoms with Crippen LogP contribution in [0.3, 0.4) is 0 Å². The molecule has 164 valence electrons. The molecule has 4 saturated carbocycles. The summed E-state index contributed by atoms with van der Waals surface area (Å²) in [5.74, 6) is 2.38. The number of benzene rings is 1. The summed E-state index contributed by atoms with van der Waals surface area (Å²) in [7, 11) is -3.53. The lowest BCUT2D eigenvalue weighted by Gasteiger charge is -2.59. The lowest BCUT2D eigenvalue weighted by Crippen LogP contribution is -2.55. The van der Waals surface area contributed by atoms with Gasteiger partial charge in [0.15, 0.2) is 0 Å². The molecule has 5 fully saturated rings. The lowest BCUT2D eigenvalue weighted by atomic mass is 9.48. The molecule has 0 radical (unpaired) electrons. The third-order valence-corrected chi connectivity index (χ3v) is 10.3. The van der Waals surface area contributed by atoms with Gasteiger partial charge in [-0.3, -0.25) is 4.79 Å². The fraction of sp³-hybridized carbons (Fsp3) is 0.708. The van der Waals surface area contributed by atoms with Crippen molar-refractivity contribution in [2.45, 2.75) is 75.6 Å². The van der Waals surface area contributed by atoms with E-state index in [9.17, 15) is 13.2 Å². The van der Waals surface area contributed by atoms with E-state index in [-0.39, 0.29) is 22.3 Å². The number of rotatable bonds is 5. The van der Waals surface area contributed by atoms with E-state index in [2.05, 4.69) is 12.2 Å². The molecule has 1 atom stereocenters. The maximum absolute atomic E-state index is 13.1. The topological polar surface area (TPSA) is 66.5 Å². The molecule has 0 spiro atoms. The van der Waals surface area contributed by atoms with Crippen LogP contribution in [0.15, 0.2) is 29.2 Å². The van der Waals surface area contributed by atoms with Crippen LogP contribution in [0, 0.1) is 23.2 Å². The van der Waals surface area contributed by atoms with E-state index in [1.807, 2.05) is 0 Å². The average Bonchev–Trinajstić information content (AvgIpc) is 2.73. The number of amides is 1. The number of nitrogens with one attached hydrogen (secondary N) is 1. The smallest absolute Gasteiger partial charge is 0.251 e. The number of carbonyl (C=O) groups excluding carboxylic acids is 1. The van der Waals surface area contributed by atoms with Gasteiger partial charge >= 0.3 is 0 Å². The first kappa shape index (κ1) is 20.5. The van der Waals surface area contributed by atoms with Crippen molar-refractivity contribution in [2.24, 2.45) is 23.2 Å². The van der Waals surface area contributed by atoms with E-state index in [1.165, 1.54) is 38.5 Å². The van der Waals surface area contributed by atoms with E-state index in [1.54, 1.807) is 28.6 Å². The highest BCUT2D eigenvalue weighted by atomic mass is 32.2. The molecule has 4 aliphatic carbocycles. The first-order valence-corrected chi connectivity index (χ1v) is 13.2. The zero-order valence-electron chi connectivity index (χ0n) is 18.0. The van der Waals surface area contributed by atoms with Gasteiger partial charge in [-0.15, -0.1) is 0 Å². The molecule has 5 aliphatic rings. The summed E-state index contributed by atoms with van der Waals surface area (Å²) in [6.07, 6.45) is 10.8. The molecule has 1 saturated heterocycles. The number of hydrogen-bond acceptors (Lipinski definition) is 3. The molecule has 5 nitrogen and oxygen atoms in total. The fourth-order valence-corrected chi connectivity index (χ4v) is 8.76. The minimum Gasteiger partial charge on any atom is -0.349 e. The van der Waals surface area contributed by atoms with Crippen LogP contribution >= 0.6 is 0 Å². The molecule has 4 bridgehead atoms. The monoisotopic (exact) mass is 430 g/mol. The van der Waals surface area contributed by atoms with Gasteiger partial charge in [0.2, 0.25) is 10.0 Å². The van der Waals surface area contributed by atoms with E-state index in [4.69, 9.17) is 0 Å². The first-order chi connectivity index (χ1) is 14.4. The Bertz CT molecular complexity index is 885. The average molecular weight is 431 g/mol. The molecule has 30 heavy (non-hydrogen) atoms. The van der Waals surface area contributed by atoms with Gasteiger partial charge in [0.05, 0.1) is 4.90 Å². The van der Waals surface area contributed by atoms with Crippen LogP contribution in [0.25, 0.3) is 0 Å². The quantitative estimate of drug-likeness (QED) is 0.761. The second-order valence-corrected chi connectivity index (χ2v) is 12.4. The molecule has 1 amide bonds. The van der Waals surface area contributed by atoms with Crippen LogP contribution in [0.1, 0.15) is 75.1 Å². The Morgan fingerprint density at radius 1 is 1.03 bits per heavy atom. The van der Waals surface area contributed by atoms with E-state index in [0.717, 1.165) is 37.0 Å². The highest BCUT2D eigenvalue weighted by Gasteiger charge is 2.53. The van der Waals surface area contributed by atoms with Gasteiger partial charge in [-0.05, 0) is 99.7 Å². The molecule has 1 aromatic carbocycles. The zero-order chi connectivity index (χ0) is 20.9. The van der Waals surface area contributed by atoms with Crippen molar-refractivity contribution < 1.29 is 13.2 Å². The molecule has 0 unspecified atom stereocenters. The molecule has 6 heteroatoms. The third kappa shape index (κ3) is 3.60. The Morgan fingerprint density at radius 3 is 2.23 bits per heavy atom. The largest absolute Gasteiger partial charge is 0.349 e. The first-order valence-electron chi connectivity index (χ1n) is 11.8. The SMILES string of the molecule is C[C@H](NC(=O)c1cccc(S(=O)(=O)N2CCCCC2)c1)C12CC3CC(CC(C3)C1)C2. The summed E-state index contributed by atoms with van der Waals surface area (Å²) in [6, 6.07) is 6.73.